The van der Waals surface area contributed by atoms with Gasteiger partial charge in [-0.1, -0.05) is 151 Å². The van der Waals surface area contributed by atoms with E-state index in [0.29, 0.717) is 13.2 Å². The summed E-state index contributed by atoms with van der Waals surface area (Å²) in [6, 6.07) is 65.9. The van der Waals surface area contributed by atoms with Gasteiger partial charge >= 0.3 is 0 Å². The number of nitriles is 1. The van der Waals surface area contributed by atoms with Gasteiger partial charge in [0.15, 0.2) is 0 Å². The highest BCUT2D eigenvalue weighted by Crippen LogP contribution is 2.58. The summed E-state index contributed by atoms with van der Waals surface area (Å²) in [5, 5.41) is 14.9. The summed E-state index contributed by atoms with van der Waals surface area (Å²) in [4.78, 5) is 0. The maximum Gasteiger partial charge on any atom is 0.242 e. The summed E-state index contributed by atoms with van der Waals surface area (Å²) in [6.07, 6.45) is 0. The Bertz CT molecular complexity index is 1620. The van der Waals surface area contributed by atoms with E-state index in [9.17, 15) is 0 Å². The molecule has 6 rings (SSSR count). The summed E-state index contributed by atoms with van der Waals surface area (Å²) in [7, 11) is -4.30. The molecule has 6 aromatic rings. The lowest BCUT2D eigenvalue weighted by Gasteiger charge is -2.29. The minimum atomic E-state index is -2.15. The Kier molecular flexibility index (Phi) is 24.1. The molecule has 0 atom stereocenters. The third-order valence-electron chi connectivity index (χ3n) is 8.10. The smallest absolute Gasteiger partial charge is 0.242 e. The van der Waals surface area contributed by atoms with Crippen LogP contribution >= 0.6 is 15.0 Å². The maximum absolute atomic E-state index is 7.32. The lowest BCUT2D eigenvalue weighted by molar-refractivity contribution is -0.001000. The molecule has 0 aliphatic rings. The molecule has 0 saturated carbocycles. The molecule has 57 heavy (non-hydrogen) atoms. The molecular formula is C48H58Cl3NO3P2. The zero-order valence-electron chi connectivity index (χ0n) is 34.1. The Morgan fingerprint density at radius 2 is 0.526 bits per heavy atom. The normalized spacial score (nSPS) is 10.8. The van der Waals surface area contributed by atoms with Crippen molar-refractivity contribution in [3.05, 3.63) is 182 Å². The van der Waals surface area contributed by atoms with Gasteiger partial charge in [-0.05, 0) is 83.6 Å². The molecule has 0 unspecified atom stereocenters. The first-order valence-electron chi connectivity index (χ1n) is 18.2. The SMILES string of the molecule is CC#N.CC(C)(C)CO[P+](c1ccccc1)(c1ccccc1)c1ccccc1.CC(C)(C)CO[P+](c1ccccc1)(c1ccccc1)c1ccccc1.[Cl-].[Cl-].[Cl-].[OH3+]. The van der Waals surface area contributed by atoms with Crippen molar-refractivity contribution in [2.24, 2.45) is 10.8 Å². The van der Waals surface area contributed by atoms with E-state index in [0.717, 1.165) is 0 Å². The van der Waals surface area contributed by atoms with Gasteiger partial charge in [-0.15, -0.1) is 0 Å². The Morgan fingerprint density at radius 1 is 0.386 bits per heavy atom. The Balaban J connectivity index is 0.000000966. The van der Waals surface area contributed by atoms with Crippen molar-refractivity contribution in [1.29, 1.82) is 5.26 Å². The van der Waals surface area contributed by atoms with E-state index in [2.05, 4.69) is 224 Å². The second kappa shape index (κ2) is 25.7. The molecule has 0 aliphatic heterocycles. The lowest BCUT2D eigenvalue weighted by Crippen LogP contribution is -3.00. The predicted molar refractivity (Wildman–Crippen MR) is 237 cm³/mol. The molecule has 0 bridgehead atoms. The highest BCUT2D eigenvalue weighted by molar-refractivity contribution is 7.92. The Hall–Kier alpha value is -3.58. The predicted octanol–water partition coefficient (Wildman–Crippen LogP) is 0.536. The molecule has 4 nitrogen and oxygen atoms in total. The van der Waals surface area contributed by atoms with Crippen molar-refractivity contribution in [1.82, 2.24) is 0 Å². The first-order chi connectivity index (χ1) is 25.5. The van der Waals surface area contributed by atoms with Gasteiger partial charge in [-0.2, -0.15) is 5.26 Å². The van der Waals surface area contributed by atoms with E-state index >= 15 is 0 Å². The number of rotatable bonds is 10. The van der Waals surface area contributed by atoms with Crippen molar-refractivity contribution < 1.29 is 51.7 Å². The van der Waals surface area contributed by atoms with Crippen LogP contribution in [0.1, 0.15) is 48.5 Å². The van der Waals surface area contributed by atoms with E-state index in [1.54, 1.807) is 6.07 Å². The van der Waals surface area contributed by atoms with Crippen molar-refractivity contribution >= 4 is 46.8 Å². The molecule has 0 fully saturated rings. The number of nitrogens with zero attached hydrogens (tertiary/aromatic N) is 1. The van der Waals surface area contributed by atoms with Gasteiger partial charge in [-0.3, -0.25) is 0 Å². The van der Waals surface area contributed by atoms with Crippen LogP contribution in [0, 0.1) is 22.2 Å². The van der Waals surface area contributed by atoms with Crippen LogP contribution in [0.15, 0.2) is 182 Å². The molecule has 0 radical (unpaired) electrons. The fraction of sp³-hybridized carbons (Fsp3) is 0.229. The molecule has 0 amide bonds. The second-order valence-corrected chi connectivity index (χ2v) is 21.2. The van der Waals surface area contributed by atoms with Crippen LogP contribution in [0.2, 0.25) is 0 Å². The van der Waals surface area contributed by atoms with Crippen molar-refractivity contribution in [2.75, 3.05) is 13.2 Å². The third-order valence-corrected chi connectivity index (χ3v) is 15.3. The van der Waals surface area contributed by atoms with Crippen LogP contribution in [0.5, 0.6) is 0 Å². The summed E-state index contributed by atoms with van der Waals surface area (Å²) < 4.78 is 13.7. The fourth-order valence-corrected chi connectivity index (χ4v) is 13.1. The van der Waals surface area contributed by atoms with Gasteiger partial charge in [0, 0.05) is 6.92 Å². The molecule has 3 N–H and O–H groups in total. The minimum Gasteiger partial charge on any atom is -1.00 e. The second-order valence-electron chi connectivity index (χ2n) is 15.1. The fourth-order valence-electron chi connectivity index (χ4n) is 5.75. The van der Waals surface area contributed by atoms with E-state index < -0.39 is 15.0 Å². The monoisotopic (exact) mass is 863 g/mol. The Labute approximate surface area is 362 Å². The summed E-state index contributed by atoms with van der Waals surface area (Å²) in [5.74, 6) is 0. The maximum atomic E-state index is 7.32. The molecule has 0 aliphatic carbocycles. The largest absolute Gasteiger partial charge is 1.00 e. The first-order valence-corrected chi connectivity index (χ1v) is 21.6. The average Bonchev–Trinajstić information content (AvgIpc) is 3.18. The van der Waals surface area contributed by atoms with Crippen molar-refractivity contribution in [3.8, 4) is 6.07 Å². The van der Waals surface area contributed by atoms with E-state index in [-0.39, 0.29) is 53.5 Å². The summed E-state index contributed by atoms with van der Waals surface area (Å²) in [6.45, 7) is 16.2. The van der Waals surface area contributed by atoms with E-state index in [1.807, 2.05) is 0 Å². The van der Waals surface area contributed by atoms with Crippen molar-refractivity contribution in [2.45, 2.75) is 48.5 Å². The van der Waals surface area contributed by atoms with Crippen LogP contribution in [-0.2, 0) is 14.5 Å². The summed E-state index contributed by atoms with van der Waals surface area (Å²) >= 11 is 0. The highest BCUT2D eigenvalue weighted by atomic mass is 35.5. The van der Waals surface area contributed by atoms with Gasteiger partial charge in [0.25, 0.3) is 0 Å². The molecule has 0 saturated heterocycles. The van der Waals surface area contributed by atoms with Gasteiger partial charge in [-0.25, -0.2) is 9.05 Å². The minimum absolute atomic E-state index is 0. The molecule has 6 aromatic carbocycles. The van der Waals surface area contributed by atoms with Crippen LogP contribution in [-0.4, -0.2) is 13.2 Å². The van der Waals surface area contributed by atoms with Crippen LogP contribution < -0.4 is 69.0 Å². The number of hydrogen-bond donors (Lipinski definition) is 0. The number of benzene rings is 6. The third kappa shape index (κ3) is 14.9. The number of halogens is 3. The highest BCUT2D eigenvalue weighted by Gasteiger charge is 2.49. The van der Waals surface area contributed by atoms with Gasteiger partial charge in [0.1, 0.15) is 31.8 Å². The van der Waals surface area contributed by atoms with Crippen molar-refractivity contribution in [3.63, 3.8) is 0 Å². The van der Waals surface area contributed by atoms with Gasteiger partial charge in [0.2, 0.25) is 15.0 Å². The zero-order chi connectivity index (χ0) is 38.2. The quantitative estimate of drug-likeness (QED) is 0.149. The van der Waals surface area contributed by atoms with Crippen LogP contribution in [0.4, 0.5) is 0 Å². The van der Waals surface area contributed by atoms with Gasteiger partial charge in [0.05, 0.1) is 19.3 Å². The van der Waals surface area contributed by atoms with Crippen LogP contribution in [0.25, 0.3) is 0 Å². The molecular weight excluding hydrogens is 807 g/mol. The average molecular weight is 865 g/mol. The first kappa shape index (κ1) is 53.4. The molecule has 0 aromatic heterocycles. The Morgan fingerprint density at radius 3 is 0.649 bits per heavy atom. The van der Waals surface area contributed by atoms with Crippen LogP contribution in [0.3, 0.4) is 0 Å². The molecule has 9 heteroatoms. The zero-order valence-corrected chi connectivity index (χ0v) is 38.2. The van der Waals surface area contributed by atoms with E-state index in [4.69, 9.17) is 14.3 Å². The topological polar surface area (TPSA) is 75.2 Å². The molecule has 0 heterocycles. The lowest BCUT2D eigenvalue weighted by atomic mass is 9.99. The van der Waals surface area contributed by atoms with Gasteiger partial charge < -0.3 is 42.7 Å². The summed E-state index contributed by atoms with van der Waals surface area (Å²) in [5.41, 5.74) is 0.202. The molecule has 304 valence electrons. The van der Waals surface area contributed by atoms with E-state index in [1.165, 1.54) is 38.8 Å². The molecule has 0 spiro atoms. The standard InChI is InChI=1S/2C23H26OP.C2H3N.3ClH.H2O/c2*1-23(2,3)19-24-25(20-13-7-4-8-14-20,21-15-9-5-10-16-21)22-17-11-6-12-18-22;1-2-3;;;;/h2*4-18H,19H2,1-3H3;1H3;3*1H;1H2/q2*+1;;;;;/p-2. The number of hydrogen-bond acceptors (Lipinski definition) is 3.